The first-order chi connectivity index (χ1) is 13.3. The third-order valence-electron chi connectivity index (χ3n) is 4.94. The molecule has 0 spiro atoms. The van der Waals surface area contributed by atoms with Gasteiger partial charge in [0, 0.05) is 48.5 Å². The van der Waals surface area contributed by atoms with E-state index in [1.807, 2.05) is 25.1 Å². The van der Waals surface area contributed by atoms with Gasteiger partial charge in [0.1, 0.15) is 0 Å². The van der Waals surface area contributed by atoms with E-state index in [0.717, 1.165) is 11.3 Å². The Bertz CT molecular complexity index is 1210. The number of piperazine rings is 1. The molecule has 1 aliphatic heterocycles. The average Bonchev–Trinajstić information content (AvgIpc) is 3.12. The third kappa shape index (κ3) is 3.22. The van der Waals surface area contributed by atoms with Gasteiger partial charge in [-0.1, -0.05) is 17.7 Å². The number of aromatic nitrogens is 2. The van der Waals surface area contributed by atoms with Crippen molar-refractivity contribution in [2.24, 2.45) is 0 Å². The van der Waals surface area contributed by atoms with E-state index in [1.54, 1.807) is 18.5 Å². The van der Waals surface area contributed by atoms with E-state index in [9.17, 15) is 13.2 Å². The summed E-state index contributed by atoms with van der Waals surface area (Å²) in [6.45, 7) is 5.20. The summed E-state index contributed by atoms with van der Waals surface area (Å²) in [5, 5.41) is 2.36. The second-order valence-electron chi connectivity index (χ2n) is 6.71. The van der Waals surface area contributed by atoms with Gasteiger partial charge in [0.15, 0.2) is 9.86 Å². The number of hydrogen-bond donors (Lipinski definition) is 0. The Morgan fingerprint density at radius 1 is 1.14 bits per heavy atom. The van der Waals surface area contributed by atoms with Crippen molar-refractivity contribution >= 4 is 43.6 Å². The van der Waals surface area contributed by atoms with Crippen LogP contribution in [0.25, 0.3) is 4.96 Å². The number of sulfonamides is 1. The molecule has 1 aliphatic rings. The van der Waals surface area contributed by atoms with Crippen LogP contribution in [0, 0.1) is 13.8 Å². The highest BCUT2D eigenvalue weighted by Crippen LogP contribution is 2.26. The maximum Gasteiger partial charge on any atom is 0.279 e. The van der Waals surface area contributed by atoms with Crippen molar-refractivity contribution in [2.75, 3.05) is 31.1 Å². The molecule has 0 atom stereocenters. The van der Waals surface area contributed by atoms with Crippen LogP contribution >= 0.6 is 22.9 Å². The molecule has 0 unspecified atom stereocenters. The van der Waals surface area contributed by atoms with Crippen LogP contribution in [0.1, 0.15) is 11.3 Å². The first-order valence-corrected chi connectivity index (χ1v) is 11.5. The van der Waals surface area contributed by atoms with Gasteiger partial charge < -0.3 is 4.90 Å². The standard InChI is InChI=1S/C18H19ClN4O3S2/c1-12-3-4-14(19)11-15(12)21-5-7-22(8-6-21)28(25,26)16-13(2)20-18-23(17(16)24)9-10-27-18/h3-4,9-11H,5-8H2,1-2H3. The Balaban J connectivity index is 1.63. The van der Waals surface area contributed by atoms with Crippen LogP contribution in [-0.4, -0.2) is 48.3 Å². The lowest BCUT2D eigenvalue weighted by atomic mass is 10.1. The maximum atomic E-state index is 13.2. The van der Waals surface area contributed by atoms with E-state index in [0.29, 0.717) is 36.2 Å². The zero-order chi connectivity index (χ0) is 20.1. The van der Waals surface area contributed by atoms with E-state index < -0.39 is 15.6 Å². The average molecular weight is 439 g/mol. The van der Waals surface area contributed by atoms with E-state index >= 15 is 0 Å². The predicted molar refractivity (Wildman–Crippen MR) is 111 cm³/mol. The van der Waals surface area contributed by atoms with E-state index in [4.69, 9.17) is 11.6 Å². The molecule has 28 heavy (non-hydrogen) atoms. The molecule has 4 rings (SSSR count). The molecule has 0 aliphatic carbocycles. The second kappa shape index (κ2) is 7.14. The molecular formula is C18H19ClN4O3S2. The number of fused-ring (bicyclic) bond motifs is 1. The van der Waals surface area contributed by atoms with Crippen LogP contribution in [0.4, 0.5) is 5.69 Å². The molecule has 1 aromatic carbocycles. The fraction of sp³-hybridized carbons (Fsp3) is 0.333. The van der Waals surface area contributed by atoms with Gasteiger partial charge in [-0.2, -0.15) is 4.31 Å². The number of thiazole rings is 1. The smallest absolute Gasteiger partial charge is 0.279 e. The number of rotatable bonds is 3. The normalized spacial score (nSPS) is 16.0. The van der Waals surface area contributed by atoms with Crippen LogP contribution < -0.4 is 10.5 Å². The van der Waals surface area contributed by atoms with Crippen LogP contribution in [0.5, 0.6) is 0 Å². The topological polar surface area (TPSA) is 75.0 Å². The number of hydrogen-bond acceptors (Lipinski definition) is 6. The molecule has 0 bridgehead atoms. The van der Waals surface area contributed by atoms with E-state index in [2.05, 4.69) is 9.88 Å². The highest BCUT2D eigenvalue weighted by atomic mass is 35.5. The molecule has 148 valence electrons. The molecule has 0 N–H and O–H groups in total. The Kier molecular flexibility index (Phi) is 4.95. The van der Waals surface area contributed by atoms with Crippen molar-refractivity contribution in [2.45, 2.75) is 18.7 Å². The van der Waals surface area contributed by atoms with Crippen LogP contribution in [0.3, 0.4) is 0 Å². The number of anilines is 1. The molecule has 1 fully saturated rings. The summed E-state index contributed by atoms with van der Waals surface area (Å²) in [7, 11) is -3.93. The highest BCUT2D eigenvalue weighted by molar-refractivity contribution is 7.89. The SMILES string of the molecule is Cc1ccc(Cl)cc1N1CCN(S(=O)(=O)c2c(C)nc3sccn3c2=O)CC1. The Morgan fingerprint density at radius 2 is 1.86 bits per heavy atom. The predicted octanol–water partition coefficient (Wildman–Crippen LogP) is 2.54. The lowest BCUT2D eigenvalue weighted by molar-refractivity contribution is 0.383. The van der Waals surface area contributed by atoms with Crippen molar-refractivity contribution < 1.29 is 8.42 Å². The van der Waals surface area contributed by atoms with Crippen molar-refractivity contribution in [3.05, 3.63) is 56.4 Å². The molecule has 0 saturated carbocycles. The van der Waals surface area contributed by atoms with E-state index in [-0.39, 0.29) is 10.6 Å². The maximum absolute atomic E-state index is 13.2. The summed E-state index contributed by atoms with van der Waals surface area (Å²) >= 11 is 7.41. The molecule has 3 heterocycles. The van der Waals surface area contributed by atoms with E-state index in [1.165, 1.54) is 20.0 Å². The minimum Gasteiger partial charge on any atom is -0.369 e. The van der Waals surface area contributed by atoms with Gasteiger partial charge in [-0.3, -0.25) is 9.20 Å². The molecule has 0 amide bonds. The quantitative estimate of drug-likeness (QED) is 0.628. The summed E-state index contributed by atoms with van der Waals surface area (Å²) < 4.78 is 29.0. The van der Waals surface area contributed by atoms with Crippen molar-refractivity contribution in [3.63, 3.8) is 0 Å². The zero-order valence-electron chi connectivity index (χ0n) is 15.4. The summed E-state index contributed by atoms with van der Waals surface area (Å²) in [5.74, 6) is 0. The number of nitrogens with zero attached hydrogens (tertiary/aromatic N) is 4. The second-order valence-corrected chi connectivity index (χ2v) is 9.89. The molecule has 3 aromatic rings. The number of benzene rings is 1. The fourth-order valence-corrected chi connectivity index (χ4v) is 6.04. The summed E-state index contributed by atoms with van der Waals surface area (Å²) in [6.07, 6.45) is 1.55. The van der Waals surface area contributed by atoms with Gasteiger partial charge in [0.2, 0.25) is 0 Å². The lowest BCUT2D eigenvalue weighted by Crippen LogP contribution is -2.50. The van der Waals surface area contributed by atoms with Crippen molar-refractivity contribution in [1.82, 2.24) is 13.7 Å². The van der Waals surface area contributed by atoms with Gasteiger partial charge in [-0.15, -0.1) is 11.3 Å². The van der Waals surface area contributed by atoms with Gasteiger partial charge >= 0.3 is 0 Å². The molecule has 1 saturated heterocycles. The Hall–Kier alpha value is -1.94. The largest absolute Gasteiger partial charge is 0.369 e. The molecule has 2 aromatic heterocycles. The van der Waals surface area contributed by atoms with Crippen LogP contribution in [0.2, 0.25) is 5.02 Å². The Labute approximate surface area is 171 Å². The minimum absolute atomic E-state index is 0.237. The zero-order valence-corrected chi connectivity index (χ0v) is 17.8. The van der Waals surface area contributed by atoms with Crippen LogP contribution in [-0.2, 0) is 10.0 Å². The van der Waals surface area contributed by atoms with Crippen LogP contribution in [0.15, 0.2) is 39.5 Å². The Morgan fingerprint density at radius 3 is 2.57 bits per heavy atom. The summed E-state index contributed by atoms with van der Waals surface area (Å²) in [6, 6.07) is 5.68. The molecule has 10 heteroatoms. The lowest BCUT2D eigenvalue weighted by Gasteiger charge is -2.36. The first-order valence-electron chi connectivity index (χ1n) is 8.77. The molecular weight excluding hydrogens is 420 g/mol. The third-order valence-corrected chi connectivity index (χ3v) is 7.97. The first kappa shape index (κ1) is 19.4. The van der Waals surface area contributed by atoms with Gasteiger partial charge in [0.05, 0.1) is 5.69 Å². The fourth-order valence-electron chi connectivity index (χ4n) is 3.48. The van der Waals surface area contributed by atoms with Gasteiger partial charge in [-0.05, 0) is 31.5 Å². The number of halogens is 1. The minimum atomic E-state index is -3.93. The summed E-state index contributed by atoms with van der Waals surface area (Å²) in [4.78, 5) is 19.4. The van der Waals surface area contributed by atoms with Crippen molar-refractivity contribution in [3.8, 4) is 0 Å². The molecule has 7 nitrogen and oxygen atoms in total. The highest BCUT2D eigenvalue weighted by Gasteiger charge is 2.33. The van der Waals surface area contributed by atoms with Gasteiger partial charge in [0.25, 0.3) is 15.6 Å². The summed E-state index contributed by atoms with van der Waals surface area (Å²) in [5.41, 5.74) is 1.78. The number of aryl methyl sites for hydroxylation is 2. The molecule has 0 radical (unpaired) electrons. The van der Waals surface area contributed by atoms with Crippen molar-refractivity contribution in [1.29, 1.82) is 0 Å². The monoisotopic (exact) mass is 438 g/mol. The van der Waals surface area contributed by atoms with Gasteiger partial charge in [-0.25, -0.2) is 13.4 Å².